The maximum atomic E-state index is 12.6. The third-order valence-corrected chi connectivity index (χ3v) is 7.54. The molecule has 216 valence electrons. The number of halogens is 3. The molecule has 1 saturated heterocycles. The van der Waals surface area contributed by atoms with Gasteiger partial charge in [-0.1, -0.05) is 25.8 Å². The van der Waals surface area contributed by atoms with E-state index in [2.05, 4.69) is 22.1 Å². The second-order valence-electron chi connectivity index (χ2n) is 9.27. The average Bonchev–Trinajstić information content (AvgIpc) is 3.54. The maximum Gasteiger partial charge on any atom is 0.516 e. The standard InChI is InChI=1S/C25H33F3N4O6S/c1-3-4-5-12-29-23(34)20-16-38-24(30-20)21-7-6-13-32(21)15-18-14-19(37-2)10-8-17(18)9-11-22(33)31-39(35,36)25(26,27)28/h8,10,14,16,21H,3-7,9,11-13,15H2,1-2H3,(H,29,34)(H,31,33)/t21-/m0/s1. The molecule has 1 aromatic heterocycles. The minimum Gasteiger partial charge on any atom is -0.497 e. The van der Waals surface area contributed by atoms with Crippen LogP contribution in [0.1, 0.15) is 79.0 Å². The van der Waals surface area contributed by atoms with Gasteiger partial charge in [-0.15, -0.1) is 0 Å². The molecule has 0 bridgehead atoms. The number of nitrogens with one attached hydrogen (secondary N) is 2. The number of ether oxygens (including phenoxy) is 1. The van der Waals surface area contributed by atoms with Gasteiger partial charge in [-0.3, -0.25) is 14.5 Å². The summed E-state index contributed by atoms with van der Waals surface area (Å²) in [6.07, 6.45) is 5.43. The molecule has 1 aliphatic rings. The number of carbonyl (C=O) groups excluding carboxylic acids is 2. The zero-order chi connectivity index (χ0) is 28.6. The van der Waals surface area contributed by atoms with E-state index in [1.807, 2.05) is 0 Å². The zero-order valence-corrected chi connectivity index (χ0v) is 22.7. The molecule has 1 atom stereocenters. The van der Waals surface area contributed by atoms with Crippen LogP contribution in [0.3, 0.4) is 0 Å². The SMILES string of the molecule is CCCCCNC(=O)c1coc([C@@H]2CCCN2Cc2cc(OC)ccc2CCC(=O)NS(=O)(=O)C(F)(F)F)n1. The van der Waals surface area contributed by atoms with Crippen LogP contribution in [0.25, 0.3) is 0 Å². The highest BCUT2D eigenvalue weighted by Gasteiger charge is 2.46. The topological polar surface area (TPSA) is 131 Å². The number of amides is 2. The fourth-order valence-electron chi connectivity index (χ4n) is 4.35. The third-order valence-electron chi connectivity index (χ3n) is 6.43. The highest BCUT2D eigenvalue weighted by atomic mass is 32.2. The Morgan fingerprint density at radius 1 is 1.23 bits per heavy atom. The van der Waals surface area contributed by atoms with Gasteiger partial charge >= 0.3 is 15.5 Å². The van der Waals surface area contributed by atoms with E-state index in [9.17, 15) is 31.2 Å². The molecule has 0 unspecified atom stereocenters. The van der Waals surface area contributed by atoms with Crippen LogP contribution in [0.4, 0.5) is 13.2 Å². The lowest BCUT2D eigenvalue weighted by atomic mass is 10.0. The van der Waals surface area contributed by atoms with Crippen molar-refractivity contribution in [3.8, 4) is 5.75 Å². The minimum atomic E-state index is -5.76. The first-order chi connectivity index (χ1) is 18.4. The van der Waals surface area contributed by atoms with E-state index >= 15 is 0 Å². The van der Waals surface area contributed by atoms with E-state index in [0.29, 0.717) is 36.8 Å². The maximum absolute atomic E-state index is 12.6. The van der Waals surface area contributed by atoms with E-state index in [0.717, 1.165) is 42.4 Å². The van der Waals surface area contributed by atoms with Crippen molar-refractivity contribution < 1.29 is 40.3 Å². The first kappa shape index (κ1) is 30.4. The Morgan fingerprint density at radius 3 is 2.69 bits per heavy atom. The number of hydrogen-bond acceptors (Lipinski definition) is 8. The fraction of sp³-hybridized carbons (Fsp3) is 0.560. The van der Waals surface area contributed by atoms with Crippen molar-refractivity contribution >= 4 is 21.8 Å². The monoisotopic (exact) mass is 574 g/mol. The van der Waals surface area contributed by atoms with Crippen LogP contribution in [0.15, 0.2) is 28.9 Å². The smallest absolute Gasteiger partial charge is 0.497 e. The van der Waals surface area contributed by atoms with Crippen LogP contribution >= 0.6 is 0 Å². The number of methoxy groups -OCH3 is 1. The molecule has 14 heteroatoms. The molecule has 0 saturated carbocycles. The summed E-state index contributed by atoms with van der Waals surface area (Å²) < 4.78 is 72.2. The van der Waals surface area contributed by atoms with Gasteiger partial charge in [0.05, 0.1) is 13.2 Å². The summed E-state index contributed by atoms with van der Waals surface area (Å²) in [5, 5.41) is 2.83. The molecule has 39 heavy (non-hydrogen) atoms. The summed E-state index contributed by atoms with van der Waals surface area (Å²) in [5.74, 6) is -0.598. The molecule has 1 aliphatic heterocycles. The van der Waals surface area contributed by atoms with Crippen LogP contribution in [-0.4, -0.2) is 55.8 Å². The predicted molar refractivity (Wildman–Crippen MR) is 135 cm³/mol. The van der Waals surface area contributed by atoms with Gasteiger partial charge in [-0.05, 0) is 55.5 Å². The van der Waals surface area contributed by atoms with E-state index < -0.39 is 27.9 Å². The zero-order valence-electron chi connectivity index (χ0n) is 21.8. The Balaban J connectivity index is 1.69. The normalized spacial score (nSPS) is 16.3. The van der Waals surface area contributed by atoms with Gasteiger partial charge in [0.2, 0.25) is 11.8 Å². The Bertz CT molecular complexity index is 1250. The van der Waals surface area contributed by atoms with Gasteiger partial charge in [0.25, 0.3) is 5.91 Å². The number of unbranched alkanes of at least 4 members (excludes halogenated alkanes) is 2. The molecular weight excluding hydrogens is 541 g/mol. The van der Waals surface area contributed by atoms with Gasteiger partial charge in [0.15, 0.2) is 5.69 Å². The Morgan fingerprint density at radius 2 is 2.00 bits per heavy atom. The first-order valence-electron chi connectivity index (χ1n) is 12.7. The quantitative estimate of drug-likeness (QED) is 0.345. The lowest BCUT2D eigenvalue weighted by Crippen LogP contribution is -2.40. The number of oxazole rings is 1. The number of rotatable bonds is 13. The number of likely N-dealkylation sites (tertiary alicyclic amines) is 1. The summed E-state index contributed by atoms with van der Waals surface area (Å²) in [6.45, 7) is 3.73. The van der Waals surface area contributed by atoms with E-state index in [1.54, 1.807) is 18.2 Å². The van der Waals surface area contributed by atoms with Crippen LogP contribution in [-0.2, 0) is 27.8 Å². The molecule has 2 aromatic rings. The van der Waals surface area contributed by atoms with Gasteiger partial charge in [0, 0.05) is 19.5 Å². The predicted octanol–water partition coefficient (Wildman–Crippen LogP) is 3.84. The highest BCUT2D eigenvalue weighted by molar-refractivity contribution is 7.90. The number of aromatic nitrogens is 1. The molecule has 1 fully saturated rings. The molecule has 2 N–H and O–H groups in total. The summed E-state index contributed by atoms with van der Waals surface area (Å²) in [6, 6.07) is 4.91. The fourth-order valence-corrected chi connectivity index (χ4v) is 4.87. The third kappa shape index (κ3) is 8.18. The molecule has 2 heterocycles. The van der Waals surface area contributed by atoms with Gasteiger partial charge < -0.3 is 14.5 Å². The van der Waals surface area contributed by atoms with E-state index in [-0.39, 0.29) is 24.1 Å². The molecule has 0 radical (unpaired) electrons. The van der Waals surface area contributed by atoms with Gasteiger partial charge in [-0.2, -0.15) is 21.6 Å². The lowest BCUT2D eigenvalue weighted by molar-refractivity contribution is -0.120. The number of benzene rings is 1. The second-order valence-corrected chi connectivity index (χ2v) is 10.9. The number of aryl methyl sites for hydroxylation is 1. The van der Waals surface area contributed by atoms with Crippen LogP contribution in [0.5, 0.6) is 5.75 Å². The van der Waals surface area contributed by atoms with Crippen molar-refractivity contribution in [2.75, 3.05) is 20.2 Å². The Hall–Kier alpha value is -3.13. The van der Waals surface area contributed by atoms with Crippen molar-refractivity contribution in [1.82, 2.24) is 19.9 Å². The number of alkyl halides is 3. The van der Waals surface area contributed by atoms with Crippen molar-refractivity contribution in [2.45, 2.75) is 70.0 Å². The Kier molecular flexibility index (Phi) is 10.4. The molecule has 2 amide bonds. The summed E-state index contributed by atoms with van der Waals surface area (Å²) in [4.78, 5) is 30.9. The molecule has 3 rings (SSSR count). The molecule has 0 aliphatic carbocycles. The van der Waals surface area contributed by atoms with Gasteiger partial charge in [-0.25, -0.2) is 9.71 Å². The molecular formula is C25H33F3N4O6S. The number of hydrogen-bond donors (Lipinski definition) is 2. The summed E-state index contributed by atoms with van der Waals surface area (Å²) in [7, 11) is -4.27. The summed E-state index contributed by atoms with van der Waals surface area (Å²) in [5.41, 5.74) is -3.96. The average molecular weight is 575 g/mol. The Labute approximate surface area is 225 Å². The van der Waals surface area contributed by atoms with Crippen molar-refractivity contribution in [1.29, 1.82) is 0 Å². The number of sulfonamides is 1. The van der Waals surface area contributed by atoms with Crippen LogP contribution < -0.4 is 14.8 Å². The second kappa shape index (κ2) is 13.3. The molecule has 0 spiro atoms. The van der Waals surface area contributed by atoms with Crippen LogP contribution in [0, 0.1) is 0 Å². The lowest BCUT2D eigenvalue weighted by Gasteiger charge is -2.24. The first-order valence-corrected chi connectivity index (χ1v) is 14.2. The number of nitrogens with zero attached hydrogens (tertiary/aromatic N) is 2. The van der Waals surface area contributed by atoms with Crippen molar-refractivity contribution in [3.63, 3.8) is 0 Å². The van der Waals surface area contributed by atoms with Crippen molar-refractivity contribution in [2.24, 2.45) is 0 Å². The largest absolute Gasteiger partial charge is 0.516 e. The van der Waals surface area contributed by atoms with Crippen LogP contribution in [0.2, 0.25) is 0 Å². The minimum absolute atomic E-state index is 0.0123. The molecule has 10 nitrogen and oxygen atoms in total. The highest BCUT2D eigenvalue weighted by Crippen LogP contribution is 2.34. The van der Waals surface area contributed by atoms with E-state index in [4.69, 9.17) is 9.15 Å². The molecule has 1 aromatic carbocycles. The van der Waals surface area contributed by atoms with Gasteiger partial charge in [0.1, 0.15) is 12.0 Å². The summed E-state index contributed by atoms with van der Waals surface area (Å²) >= 11 is 0. The van der Waals surface area contributed by atoms with Crippen molar-refractivity contribution in [3.05, 3.63) is 47.2 Å². The number of carbonyl (C=O) groups is 2. The van der Waals surface area contributed by atoms with E-state index in [1.165, 1.54) is 13.4 Å².